The molecule has 0 spiro atoms. The minimum Gasteiger partial charge on any atom is -0.356 e. The summed E-state index contributed by atoms with van der Waals surface area (Å²) in [6.45, 7) is 2.46. The van der Waals surface area contributed by atoms with E-state index in [0.717, 1.165) is 38.3 Å². The minimum absolute atomic E-state index is 0.233. The highest BCUT2D eigenvalue weighted by molar-refractivity contribution is 5.78. The average molecular weight is 227 g/mol. The average Bonchev–Trinajstić information content (AvgIpc) is 2.30. The number of hydrogen-bond donors (Lipinski definition) is 3. The van der Waals surface area contributed by atoms with Crippen molar-refractivity contribution in [2.75, 3.05) is 26.7 Å². The molecule has 0 heterocycles. The van der Waals surface area contributed by atoms with E-state index in [0.29, 0.717) is 6.54 Å². The zero-order valence-corrected chi connectivity index (χ0v) is 10.3. The molecule has 0 aromatic carbocycles. The first-order chi connectivity index (χ1) is 7.77. The molecule has 0 atom stereocenters. The Kier molecular flexibility index (Phi) is 6.42. The van der Waals surface area contributed by atoms with Crippen molar-refractivity contribution in [3.05, 3.63) is 0 Å². The van der Waals surface area contributed by atoms with E-state index in [4.69, 9.17) is 5.73 Å². The van der Waals surface area contributed by atoms with Gasteiger partial charge >= 0.3 is 0 Å². The molecular formula is C12H25N3O. The van der Waals surface area contributed by atoms with E-state index in [1.165, 1.54) is 12.8 Å². The van der Waals surface area contributed by atoms with Crippen LogP contribution < -0.4 is 16.4 Å². The third-order valence-corrected chi connectivity index (χ3v) is 3.39. The fourth-order valence-electron chi connectivity index (χ4n) is 2.38. The van der Waals surface area contributed by atoms with E-state index >= 15 is 0 Å². The smallest absolute Gasteiger partial charge is 0.223 e. The lowest BCUT2D eigenvalue weighted by Crippen LogP contribution is -2.35. The second-order valence-corrected chi connectivity index (χ2v) is 4.71. The molecule has 0 unspecified atom stereocenters. The van der Waals surface area contributed by atoms with Crippen LogP contribution in [-0.4, -0.2) is 32.6 Å². The highest BCUT2D eigenvalue weighted by Crippen LogP contribution is 2.28. The molecular weight excluding hydrogens is 202 g/mol. The summed E-state index contributed by atoms with van der Waals surface area (Å²) in [4.78, 5) is 11.8. The van der Waals surface area contributed by atoms with Gasteiger partial charge in [-0.2, -0.15) is 0 Å². The second-order valence-electron chi connectivity index (χ2n) is 4.71. The van der Waals surface area contributed by atoms with E-state index in [2.05, 4.69) is 10.6 Å². The van der Waals surface area contributed by atoms with Gasteiger partial charge in [0.25, 0.3) is 0 Å². The molecule has 0 radical (unpaired) electrons. The molecule has 16 heavy (non-hydrogen) atoms. The second kappa shape index (κ2) is 7.63. The lowest BCUT2D eigenvalue weighted by Gasteiger charge is -2.27. The Morgan fingerprint density at radius 3 is 2.56 bits per heavy atom. The van der Waals surface area contributed by atoms with Crippen LogP contribution in [0.25, 0.3) is 0 Å². The maximum absolute atomic E-state index is 11.8. The predicted octanol–water partition coefficient (Wildman–Crippen LogP) is 0.477. The monoisotopic (exact) mass is 227 g/mol. The van der Waals surface area contributed by atoms with Crippen molar-refractivity contribution >= 4 is 5.91 Å². The van der Waals surface area contributed by atoms with Crippen molar-refractivity contribution in [2.45, 2.75) is 32.1 Å². The van der Waals surface area contributed by atoms with Crippen LogP contribution in [0, 0.1) is 11.8 Å². The Morgan fingerprint density at radius 1 is 1.31 bits per heavy atom. The van der Waals surface area contributed by atoms with Crippen molar-refractivity contribution in [1.29, 1.82) is 0 Å². The van der Waals surface area contributed by atoms with Crippen LogP contribution in [0.4, 0.5) is 0 Å². The molecule has 0 saturated heterocycles. The normalized spacial score (nSPS) is 25.4. The molecule has 0 aliphatic heterocycles. The molecule has 0 aromatic rings. The Hall–Kier alpha value is -0.610. The summed E-state index contributed by atoms with van der Waals surface area (Å²) in [6, 6.07) is 0. The molecule has 1 amide bonds. The maximum Gasteiger partial charge on any atom is 0.223 e. The Morgan fingerprint density at radius 2 is 2.00 bits per heavy atom. The first kappa shape index (κ1) is 13.5. The molecule has 4 heteroatoms. The fourth-order valence-corrected chi connectivity index (χ4v) is 2.38. The van der Waals surface area contributed by atoms with E-state index in [9.17, 15) is 4.79 Å². The molecule has 1 rings (SSSR count). The number of nitrogens with one attached hydrogen (secondary N) is 2. The molecule has 1 aliphatic rings. The molecule has 4 N–H and O–H groups in total. The highest BCUT2D eigenvalue weighted by atomic mass is 16.1. The molecule has 0 aromatic heterocycles. The summed E-state index contributed by atoms with van der Waals surface area (Å²) in [7, 11) is 1.99. The van der Waals surface area contributed by atoms with Crippen LogP contribution in [0.2, 0.25) is 0 Å². The summed E-state index contributed by atoms with van der Waals surface area (Å²) in [5.41, 5.74) is 5.39. The third-order valence-electron chi connectivity index (χ3n) is 3.39. The van der Waals surface area contributed by atoms with E-state index in [-0.39, 0.29) is 11.8 Å². The summed E-state index contributed by atoms with van der Waals surface area (Å²) >= 11 is 0. The van der Waals surface area contributed by atoms with Crippen LogP contribution in [0.5, 0.6) is 0 Å². The van der Waals surface area contributed by atoms with Gasteiger partial charge in [-0.05, 0) is 58.2 Å². The summed E-state index contributed by atoms with van der Waals surface area (Å²) < 4.78 is 0. The fraction of sp³-hybridized carbons (Fsp3) is 0.917. The van der Waals surface area contributed by atoms with Gasteiger partial charge < -0.3 is 16.4 Å². The van der Waals surface area contributed by atoms with Gasteiger partial charge in [-0.25, -0.2) is 0 Å². The largest absolute Gasteiger partial charge is 0.356 e. The first-order valence-electron chi connectivity index (χ1n) is 6.40. The topological polar surface area (TPSA) is 67.2 Å². The summed E-state index contributed by atoms with van der Waals surface area (Å²) in [6.07, 6.45) is 5.31. The van der Waals surface area contributed by atoms with Gasteiger partial charge in [0.05, 0.1) is 0 Å². The number of hydrogen-bond acceptors (Lipinski definition) is 3. The van der Waals surface area contributed by atoms with Crippen molar-refractivity contribution in [3.63, 3.8) is 0 Å². The molecule has 0 bridgehead atoms. The van der Waals surface area contributed by atoms with Gasteiger partial charge in [0.2, 0.25) is 5.91 Å². The number of carbonyl (C=O) groups excluding carboxylic acids is 1. The van der Waals surface area contributed by atoms with Gasteiger partial charge in [-0.3, -0.25) is 4.79 Å². The van der Waals surface area contributed by atoms with Crippen LogP contribution in [0.15, 0.2) is 0 Å². The van der Waals surface area contributed by atoms with E-state index < -0.39 is 0 Å². The van der Waals surface area contributed by atoms with E-state index in [1.807, 2.05) is 7.05 Å². The Balaban J connectivity index is 2.17. The lowest BCUT2D eigenvalue weighted by molar-refractivity contribution is -0.126. The van der Waals surface area contributed by atoms with Crippen LogP contribution in [-0.2, 0) is 4.79 Å². The zero-order valence-electron chi connectivity index (χ0n) is 10.3. The first-order valence-corrected chi connectivity index (χ1v) is 6.40. The van der Waals surface area contributed by atoms with Gasteiger partial charge in [0.15, 0.2) is 0 Å². The highest BCUT2D eigenvalue weighted by Gasteiger charge is 2.25. The molecule has 1 saturated carbocycles. The molecule has 1 aliphatic carbocycles. The summed E-state index contributed by atoms with van der Waals surface area (Å²) in [5, 5.41) is 6.17. The van der Waals surface area contributed by atoms with Crippen molar-refractivity contribution in [2.24, 2.45) is 17.6 Å². The lowest BCUT2D eigenvalue weighted by atomic mass is 9.81. The Labute approximate surface area is 98.3 Å². The van der Waals surface area contributed by atoms with Crippen molar-refractivity contribution < 1.29 is 4.79 Å². The van der Waals surface area contributed by atoms with Gasteiger partial charge in [0, 0.05) is 12.5 Å². The van der Waals surface area contributed by atoms with Crippen molar-refractivity contribution in [3.8, 4) is 0 Å². The molecule has 94 valence electrons. The number of carbonyl (C=O) groups is 1. The quantitative estimate of drug-likeness (QED) is 0.578. The van der Waals surface area contributed by atoms with Gasteiger partial charge in [0.1, 0.15) is 0 Å². The maximum atomic E-state index is 11.8. The zero-order chi connectivity index (χ0) is 11.8. The van der Waals surface area contributed by atoms with Crippen LogP contribution in [0.1, 0.15) is 32.1 Å². The van der Waals surface area contributed by atoms with Gasteiger partial charge in [-0.15, -0.1) is 0 Å². The van der Waals surface area contributed by atoms with Gasteiger partial charge in [-0.1, -0.05) is 0 Å². The minimum atomic E-state index is 0.233. The Bertz CT molecular complexity index is 200. The summed E-state index contributed by atoms with van der Waals surface area (Å²) in [5.74, 6) is 1.24. The third kappa shape index (κ3) is 4.49. The standard InChI is InChI=1S/C12H25N3O/c1-14-9-10-3-5-11(6-4-10)12(16)15-8-2-7-13/h10-11,14H,2-9,13H2,1H3,(H,15,16). The molecule has 4 nitrogen and oxygen atoms in total. The van der Waals surface area contributed by atoms with Crippen LogP contribution >= 0.6 is 0 Å². The van der Waals surface area contributed by atoms with E-state index in [1.54, 1.807) is 0 Å². The number of nitrogens with two attached hydrogens (primary N) is 1. The number of rotatable bonds is 6. The van der Waals surface area contributed by atoms with Crippen LogP contribution in [0.3, 0.4) is 0 Å². The SMILES string of the molecule is CNCC1CCC(C(=O)NCCCN)CC1. The molecule has 1 fully saturated rings. The predicted molar refractivity (Wildman–Crippen MR) is 66.1 cm³/mol. The van der Waals surface area contributed by atoms with Crippen molar-refractivity contribution in [1.82, 2.24) is 10.6 Å². The number of amides is 1.